The minimum atomic E-state index is -0.676. The summed E-state index contributed by atoms with van der Waals surface area (Å²) in [5, 5.41) is 8.85. The minimum absolute atomic E-state index is 0.271. The summed E-state index contributed by atoms with van der Waals surface area (Å²) in [4.78, 5) is 13.1. The van der Waals surface area contributed by atoms with Crippen molar-refractivity contribution in [2.75, 3.05) is 13.6 Å². The first-order valence-electron chi connectivity index (χ1n) is 7.90. The average Bonchev–Trinajstić information content (AvgIpc) is 2.33. The molecule has 4 aliphatic carbocycles. The first-order chi connectivity index (χ1) is 8.98. The highest BCUT2D eigenvalue weighted by Gasteiger charge is 2.53. The van der Waals surface area contributed by atoms with Crippen LogP contribution < -0.4 is 0 Å². The largest absolute Gasteiger partial charge is 0.481 e. The van der Waals surface area contributed by atoms with Gasteiger partial charge in [-0.05, 0) is 75.7 Å². The van der Waals surface area contributed by atoms with Gasteiger partial charge in [-0.3, -0.25) is 4.79 Å². The second kappa shape index (κ2) is 4.76. The molecule has 0 aromatic carbocycles. The number of hydrogen-bond acceptors (Lipinski definition) is 2. The van der Waals surface area contributed by atoms with Crippen molar-refractivity contribution in [3.8, 4) is 0 Å². The lowest BCUT2D eigenvalue weighted by Gasteiger charge is -2.60. The molecule has 0 aromatic rings. The fourth-order valence-corrected chi connectivity index (χ4v) is 5.62. The Labute approximate surface area is 116 Å². The van der Waals surface area contributed by atoms with Gasteiger partial charge in [0, 0.05) is 12.6 Å². The Hall–Kier alpha value is -0.570. The predicted octanol–water partition coefficient (Wildman–Crippen LogP) is 3.00. The number of aliphatic carboxylic acids is 1. The van der Waals surface area contributed by atoms with E-state index in [1.807, 2.05) is 0 Å². The molecule has 4 bridgehead atoms. The van der Waals surface area contributed by atoms with E-state index in [1.54, 1.807) is 0 Å². The van der Waals surface area contributed by atoms with Crippen molar-refractivity contribution < 1.29 is 9.90 Å². The summed E-state index contributed by atoms with van der Waals surface area (Å²) < 4.78 is 0. The highest BCUT2D eigenvalue weighted by molar-refractivity contribution is 5.66. The molecule has 0 saturated heterocycles. The molecule has 1 atom stereocenters. The predicted molar refractivity (Wildman–Crippen MR) is 74.9 cm³/mol. The molecular weight excluding hydrogens is 238 g/mol. The number of hydrogen-bond donors (Lipinski definition) is 1. The summed E-state index contributed by atoms with van der Waals surface area (Å²) in [6, 6.07) is 0.542. The van der Waals surface area contributed by atoms with E-state index in [0.717, 1.165) is 17.8 Å². The van der Waals surface area contributed by atoms with Gasteiger partial charge < -0.3 is 10.0 Å². The number of nitrogens with zero attached hydrogens (tertiary/aromatic N) is 1. The van der Waals surface area contributed by atoms with E-state index in [0.29, 0.717) is 18.0 Å². The molecule has 19 heavy (non-hydrogen) atoms. The van der Waals surface area contributed by atoms with Gasteiger partial charge in [-0.15, -0.1) is 0 Å². The zero-order chi connectivity index (χ0) is 13.6. The lowest BCUT2D eigenvalue weighted by molar-refractivity contribution is -0.138. The summed E-state index contributed by atoms with van der Waals surface area (Å²) in [6.45, 7) is 3.03. The monoisotopic (exact) mass is 265 g/mol. The normalized spacial score (nSPS) is 41.7. The SMILES string of the molecule is CC(N(C)CCC(=O)O)C12CC3CC(CC(C3)C1)C2. The van der Waals surface area contributed by atoms with Crippen molar-refractivity contribution >= 4 is 5.97 Å². The third kappa shape index (κ3) is 2.42. The van der Waals surface area contributed by atoms with Gasteiger partial charge in [0.05, 0.1) is 6.42 Å². The molecule has 3 nitrogen and oxygen atoms in total. The Morgan fingerprint density at radius 1 is 1.21 bits per heavy atom. The van der Waals surface area contributed by atoms with Crippen molar-refractivity contribution in [2.24, 2.45) is 23.2 Å². The summed E-state index contributed by atoms with van der Waals surface area (Å²) in [7, 11) is 2.12. The quantitative estimate of drug-likeness (QED) is 0.830. The molecule has 0 spiro atoms. The number of rotatable bonds is 5. The molecule has 1 unspecified atom stereocenters. The maximum atomic E-state index is 10.7. The van der Waals surface area contributed by atoms with Crippen LogP contribution in [0.4, 0.5) is 0 Å². The minimum Gasteiger partial charge on any atom is -0.481 e. The van der Waals surface area contributed by atoms with Gasteiger partial charge in [0.25, 0.3) is 0 Å². The van der Waals surface area contributed by atoms with Gasteiger partial charge in [0.15, 0.2) is 0 Å². The second-order valence-electron chi connectivity index (χ2n) is 7.58. The Kier molecular flexibility index (Phi) is 3.36. The molecule has 0 amide bonds. The van der Waals surface area contributed by atoms with Gasteiger partial charge in [-0.25, -0.2) is 0 Å². The van der Waals surface area contributed by atoms with Crippen LogP contribution >= 0.6 is 0 Å². The molecule has 4 fully saturated rings. The summed E-state index contributed by atoms with van der Waals surface area (Å²) in [5.41, 5.74) is 0.502. The molecule has 4 saturated carbocycles. The van der Waals surface area contributed by atoms with Crippen molar-refractivity contribution in [3.63, 3.8) is 0 Å². The fraction of sp³-hybridized carbons (Fsp3) is 0.938. The van der Waals surface area contributed by atoms with Crippen LogP contribution in [-0.4, -0.2) is 35.6 Å². The van der Waals surface area contributed by atoms with Crippen molar-refractivity contribution in [1.82, 2.24) is 4.90 Å². The zero-order valence-corrected chi connectivity index (χ0v) is 12.3. The van der Waals surface area contributed by atoms with E-state index in [9.17, 15) is 4.79 Å². The molecule has 108 valence electrons. The van der Waals surface area contributed by atoms with Crippen molar-refractivity contribution in [3.05, 3.63) is 0 Å². The molecule has 0 radical (unpaired) electrons. The fourth-order valence-electron chi connectivity index (χ4n) is 5.62. The van der Waals surface area contributed by atoms with E-state index in [4.69, 9.17) is 5.11 Å². The van der Waals surface area contributed by atoms with Gasteiger partial charge in [-0.2, -0.15) is 0 Å². The summed E-state index contributed by atoms with van der Waals surface area (Å²) >= 11 is 0. The molecule has 4 rings (SSSR count). The molecule has 3 heteroatoms. The van der Waals surface area contributed by atoms with E-state index in [2.05, 4.69) is 18.9 Å². The van der Waals surface area contributed by atoms with Gasteiger partial charge in [0.1, 0.15) is 0 Å². The van der Waals surface area contributed by atoms with Gasteiger partial charge in [-0.1, -0.05) is 0 Å². The Morgan fingerprint density at radius 2 is 1.68 bits per heavy atom. The lowest BCUT2D eigenvalue weighted by atomic mass is 9.47. The maximum Gasteiger partial charge on any atom is 0.304 e. The number of carboxylic acid groups (broad SMARTS) is 1. The zero-order valence-electron chi connectivity index (χ0n) is 12.3. The topological polar surface area (TPSA) is 40.5 Å². The smallest absolute Gasteiger partial charge is 0.304 e. The van der Waals surface area contributed by atoms with Crippen LogP contribution in [0.2, 0.25) is 0 Å². The van der Waals surface area contributed by atoms with E-state index >= 15 is 0 Å². The van der Waals surface area contributed by atoms with Crippen LogP contribution in [0.15, 0.2) is 0 Å². The van der Waals surface area contributed by atoms with Crippen LogP contribution in [0.5, 0.6) is 0 Å². The van der Waals surface area contributed by atoms with Crippen LogP contribution in [0.1, 0.15) is 51.9 Å². The van der Waals surface area contributed by atoms with Crippen LogP contribution in [0, 0.1) is 23.2 Å². The van der Waals surface area contributed by atoms with Crippen LogP contribution in [0.3, 0.4) is 0 Å². The van der Waals surface area contributed by atoms with Crippen LogP contribution in [0.25, 0.3) is 0 Å². The van der Waals surface area contributed by atoms with Gasteiger partial charge >= 0.3 is 5.97 Å². The third-order valence-corrected chi connectivity index (χ3v) is 6.31. The Balaban J connectivity index is 1.68. The molecular formula is C16H27NO2. The standard InChI is InChI=1S/C16H27NO2/c1-11(17(2)4-3-15(18)19)16-8-12-5-13(9-16)7-14(6-12)10-16/h11-14H,3-10H2,1-2H3,(H,18,19). The van der Waals surface area contributed by atoms with E-state index in [-0.39, 0.29) is 6.42 Å². The van der Waals surface area contributed by atoms with E-state index in [1.165, 1.54) is 38.5 Å². The van der Waals surface area contributed by atoms with Gasteiger partial charge in [0.2, 0.25) is 0 Å². The molecule has 0 heterocycles. The molecule has 4 aliphatic rings. The first kappa shape index (κ1) is 13.4. The molecule has 0 aliphatic heterocycles. The van der Waals surface area contributed by atoms with Crippen molar-refractivity contribution in [1.29, 1.82) is 0 Å². The Morgan fingerprint density at radius 3 is 2.11 bits per heavy atom. The Bertz CT molecular complexity index is 330. The number of carbonyl (C=O) groups is 1. The highest BCUT2D eigenvalue weighted by atomic mass is 16.4. The average molecular weight is 265 g/mol. The third-order valence-electron chi connectivity index (χ3n) is 6.31. The summed E-state index contributed by atoms with van der Waals surface area (Å²) in [5.74, 6) is 2.24. The highest BCUT2D eigenvalue weighted by Crippen LogP contribution is 2.61. The van der Waals surface area contributed by atoms with Crippen LogP contribution in [-0.2, 0) is 4.79 Å². The second-order valence-corrected chi connectivity index (χ2v) is 7.58. The van der Waals surface area contributed by atoms with Crippen molar-refractivity contribution in [2.45, 2.75) is 57.9 Å². The maximum absolute atomic E-state index is 10.7. The lowest BCUT2D eigenvalue weighted by Crippen LogP contribution is -2.55. The summed E-state index contributed by atoms with van der Waals surface area (Å²) in [6.07, 6.45) is 8.90. The molecule has 1 N–H and O–H groups in total. The number of carboxylic acids is 1. The molecule has 0 aromatic heterocycles. The first-order valence-corrected chi connectivity index (χ1v) is 7.90. The van der Waals surface area contributed by atoms with E-state index < -0.39 is 5.97 Å².